The van der Waals surface area contributed by atoms with Crippen LogP contribution in [0.1, 0.15) is 27.2 Å². The number of nitrogens with two attached hydrogens (primary N) is 1. The Bertz CT molecular complexity index is 668. The molecule has 0 aliphatic heterocycles. The van der Waals surface area contributed by atoms with Gasteiger partial charge in [0.15, 0.2) is 11.6 Å². The van der Waals surface area contributed by atoms with Crippen LogP contribution >= 0.6 is 0 Å². The van der Waals surface area contributed by atoms with Crippen LogP contribution < -0.4 is 10.5 Å². The molecule has 1 aromatic carbocycles. The van der Waals surface area contributed by atoms with Crippen LogP contribution in [0.4, 0.5) is 8.78 Å². The monoisotopic (exact) mass is 320 g/mol. The second kappa shape index (κ2) is 7.04. The van der Waals surface area contributed by atoms with Crippen molar-refractivity contribution in [2.45, 2.75) is 32.7 Å². The molecular weight excluding hydrogens is 298 g/mol. The average molecular weight is 320 g/mol. The maximum atomic E-state index is 14.2. The molecule has 0 amide bonds. The molecule has 3 nitrogen and oxygen atoms in total. The van der Waals surface area contributed by atoms with Crippen molar-refractivity contribution in [1.29, 1.82) is 0 Å². The molecule has 0 bridgehead atoms. The number of benzene rings is 1. The van der Waals surface area contributed by atoms with Crippen molar-refractivity contribution in [2.75, 3.05) is 6.61 Å². The molecule has 0 fully saturated rings. The minimum absolute atomic E-state index is 0.185. The van der Waals surface area contributed by atoms with E-state index in [9.17, 15) is 8.78 Å². The summed E-state index contributed by atoms with van der Waals surface area (Å²) in [5, 5.41) is 0. The van der Waals surface area contributed by atoms with Gasteiger partial charge in [-0.05, 0) is 55.5 Å². The lowest BCUT2D eigenvalue weighted by molar-refractivity contribution is 0.222. The molecule has 0 aliphatic carbocycles. The number of hydrogen-bond donors (Lipinski definition) is 1. The molecule has 2 rings (SSSR count). The first-order valence-electron chi connectivity index (χ1n) is 7.58. The number of ether oxygens (including phenoxy) is 1. The summed E-state index contributed by atoms with van der Waals surface area (Å²) in [6, 6.07) is 7.49. The molecule has 0 spiro atoms. The highest BCUT2D eigenvalue weighted by Crippen LogP contribution is 2.26. The zero-order valence-corrected chi connectivity index (χ0v) is 13.6. The largest absolute Gasteiger partial charge is 0.490 e. The normalized spacial score (nSPS) is 13.0. The number of nitrogens with zero attached hydrogens (tertiary/aromatic N) is 1. The van der Waals surface area contributed by atoms with Gasteiger partial charge in [-0.25, -0.2) is 9.37 Å². The zero-order valence-electron chi connectivity index (χ0n) is 13.6. The lowest BCUT2D eigenvalue weighted by Crippen LogP contribution is -2.35. The maximum absolute atomic E-state index is 14.2. The van der Waals surface area contributed by atoms with Crippen molar-refractivity contribution in [1.82, 2.24) is 4.98 Å². The van der Waals surface area contributed by atoms with Gasteiger partial charge in [0.05, 0.1) is 6.61 Å². The number of pyridine rings is 1. The molecule has 1 unspecified atom stereocenters. The lowest BCUT2D eigenvalue weighted by Gasteiger charge is -2.23. The van der Waals surface area contributed by atoms with Crippen LogP contribution in [0.15, 0.2) is 36.5 Å². The van der Waals surface area contributed by atoms with E-state index in [0.717, 1.165) is 6.42 Å². The highest BCUT2D eigenvalue weighted by atomic mass is 19.1. The predicted molar refractivity (Wildman–Crippen MR) is 87.1 cm³/mol. The van der Waals surface area contributed by atoms with Crippen molar-refractivity contribution in [3.63, 3.8) is 0 Å². The first-order chi connectivity index (χ1) is 10.7. The van der Waals surface area contributed by atoms with Crippen LogP contribution in [-0.2, 0) is 0 Å². The Hall–Kier alpha value is -2.01. The predicted octanol–water partition coefficient (Wildman–Crippen LogP) is 4.17. The summed E-state index contributed by atoms with van der Waals surface area (Å²) >= 11 is 0. The molecule has 0 saturated heterocycles. The Balaban J connectivity index is 2.05. The fraction of sp³-hybridized carbons (Fsp3) is 0.389. The van der Waals surface area contributed by atoms with Crippen LogP contribution in [0, 0.1) is 17.7 Å². The molecule has 5 heteroatoms. The molecule has 1 atom stereocenters. The molecule has 0 saturated carbocycles. The van der Waals surface area contributed by atoms with E-state index in [1.807, 2.05) is 20.8 Å². The molecule has 124 valence electrons. The van der Waals surface area contributed by atoms with Crippen LogP contribution in [0.25, 0.3) is 11.1 Å². The summed E-state index contributed by atoms with van der Waals surface area (Å²) < 4.78 is 32.8. The fourth-order valence-electron chi connectivity index (χ4n) is 2.57. The summed E-state index contributed by atoms with van der Waals surface area (Å²) in [5.74, 6) is -0.672. The number of rotatable bonds is 6. The van der Waals surface area contributed by atoms with Crippen LogP contribution in [0.2, 0.25) is 0 Å². The van der Waals surface area contributed by atoms with Crippen LogP contribution in [-0.4, -0.2) is 17.1 Å². The van der Waals surface area contributed by atoms with Crippen molar-refractivity contribution < 1.29 is 13.5 Å². The number of hydrogen-bond acceptors (Lipinski definition) is 3. The van der Waals surface area contributed by atoms with Gasteiger partial charge in [-0.1, -0.05) is 13.0 Å². The van der Waals surface area contributed by atoms with Gasteiger partial charge in [-0.3, -0.25) is 0 Å². The zero-order chi connectivity index (χ0) is 17.0. The van der Waals surface area contributed by atoms with Gasteiger partial charge in [0.25, 0.3) is 0 Å². The van der Waals surface area contributed by atoms with Crippen molar-refractivity contribution in [2.24, 2.45) is 11.7 Å². The minimum Gasteiger partial charge on any atom is -0.490 e. The fourth-order valence-corrected chi connectivity index (χ4v) is 2.57. The number of aromatic nitrogens is 1. The standard InChI is InChI=1S/C18H22F2N2O/c1-12(10-18(2,3)21)11-23-16-5-4-13(8-15(16)19)14-6-7-22-17(20)9-14/h4-9,12H,10-11,21H2,1-3H3. The first kappa shape index (κ1) is 17.3. The van der Waals surface area contributed by atoms with Gasteiger partial charge in [0.2, 0.25) is 5.95 Å². The highest BCUT2D eigenvalue weighted by Gasteiger charge is 2.17. The van der Waals surface area contributed by atoms with E-state index in [0.29, 0.717) is 17.7 Å². The SMILES string of the molecule is CC(COc1ccc(-c2ccnc(F)c2)cc1F)CC(C)(C)N. The van der Waals surface area contributed by atoms with Crippen LogP contribution in [0.3, 0.4) is 0 Å². The Labute approximate surface area is 135 Å². The third kappa shape index (κ3) is 5.28. The van der Waals surface area contributed by atoms with E-state index in [1.165, 1.54) is 18.3 Å². The van der Waals surface area contributed by atoms with Gasteiger partial charge < -0.3 is 10.5 Å². The van der Waals surface area contributed by atoms with Gasteiger partial charge in [-0.2, -0.15) is 4.39 Å². The Morgan fingerprint density at radius 1 is 1.17 bits per heavy atom. The molecule has 0 aliphatic rings. The first-order valence-corrected chi connectivity index (χ1v) is 7.58. The second-order valence-corrected chi connectivity index (χ2v) is 6.62. The van der Waals surface area contributed by atoms with E-state index in [-0.39, 0.29) is 17.2 Å². The number of halogens is 2. The third-order valence-electron chi connectivity index (χ3n) is 3.39. The van der Waals surface area contributed by atoms with E-state index in [4.69, 9.17) is 10.5 Å². The summed E-state index contributed by atoms with van der Waals surface area (Å²) in [6.07, 6.45) is 2.13. The highest BCUT2D eigenvalue weighted by molar-refractivity contribution is 5.63. The molecule has 2 N–H and O–H groups in total. The average Bonchev–Trinajstić information content (AvgIpc) is 2.44. The molecular formula is C18H22F2N2O. The van der Waals surface area contributed by atoms with E-state index in [2.05, 4.69) is 4.98 Å². The lowest BCUT2D eigenvalue weighted by atomic mass is 9.93. The molecule has 1 heterocycles. The quantitative estimate of drug-likeness (QED) is 0.813. The molecule has 23 heavy (non-hydrogen) atoms. The van der Waals surface area contributed by atoms with Crippen molar-refractivity contribution >= 4 is 0 Å². The van der Waals surface area contributed by atoms with Crippen LogP contribution in [0.5, 0.6) is 5.75 Å². The minimum atomic E-state index is -0.596. The van der Waals surface area contributed by atoms with Gasteiger partial charge in [-0.15, -0.1) is 0 Å². The van der Waals surface area contributed by atoms with Gasteiger partial charge >= 0.3 is 0 Å². The summed E-state index contributed by atoms with van der Waals surface area (Å²) in [7, 11) is 0. The summed E-state index contributed by atoms with van der Waals surface area (Å²) in [5.41, 5.74) is 6.83. The smallest absolute Gasteiger partial charge is 0.213 e. The Kier molecular flexibility index (Phi) is 5.31. The van der Waals surface area contributed by atoms with Crippen molar-refractivity contribution in [3.05, 3.63) is 48.3 Å². The van der Waals surface area contributed by atoms with Gasteiger partial charge in [0.1, 0.15) is 0 Å². The van der Waals surface area contributed by atoms with E-state index in [1.54, 1.807) is 18.2 Å². The van der Waals surface area contributed by atoms with E-state index >= 15 is 0 Å². The topological polar surface area (TPSA) is 48.1 Å². The third-order valence-corrected chi connectivity index (χ3v) is 3.39. The molecule has 2 aromatic rings. The Morgan fingerprint density at radius 2 is 1.87 bits per heavy atom. The summed E-state index contributed by atoms with van der Waals surface area (Å²) in [6.45, 7) is 6.31. The maximum Gasteiger partial charge on any atom is 0.213 e. The summed E-state index contributed by atoms with van der Waals surface area (Å²) in [4.78, 5) is 3.49. The Morgan fingerprint density at radius 3 is 2.48 bits per heavy atom. The molecule has 1 aromatic heterocycles. The van der Waals surface area contributed by atoms with E-state index < -0.39 is 11.8 Å². The second-order valence-electron chi connectivity index (χ2n) is 6.62. The molecule has 0 radical (unpaired) electrons. The van der Waals surface area contributed by atoms with Gasteiger partial charge in [0, 0.05) is 17.8 Å². The van der Waals surface area contributed by atoms with Crippen molar-refractivity contribution in [3.8, 4) is 16.9 Å².